The Morgan fingerprint density at radius 2 is 0.460 bits per heavy atom. The number of rotatable bonds is 42. The Balaban J connectivity index is 2.18. The molecule has 0 saturated heterocycles. The molecule has 0 bridgehead atoms. The highest BCUT2D eigenvalue weighted by molar-refractivity contribution is 4.97. The van der Waals surface area contributed by atoms with Crippen LogP contribution >= 0.6 is 0 Å². The van der Waals surface area contributed by atoms with Crippen LogP contribution in [0.4, 0.5) is 0 Å². The van der Waals surface area contributed by atoms with Crippen LogP contribution in [0.15, 0.2) is 12.4 Å². The van der Waals surface area contributed by atoms with Gasteiger partial charge in [0.05, 0.1) is 0 Å². The van der Waals surface area contributed by atoms with Crippen LogP contribution in [0.2, 0.25) is 0 Å². The van der Waals surface area contributed by atoms with Gasteiger partial charge in [0.1, 0.15) is 6.17 Å². The Morgan fingerprint density at radius 3 is 0.700 bits per heavy atom. The number of unbranched alkanes of at least 4 members (excludes halogenated alkanes) is 36. The van der Waals surface area contributed by atoms with Crippen molar-refractivity contribution in [3.63, 3.8) is 0 Å². The minimum atomic E-state index is 0.637. The molecule has 0 N–H and O–H groups in total. The summed E-state index contributed by atoms with van der Waals surface area (Å²) in [5.41, 5.74) is 0. The maximum Gasteiger partial charge on any atom is 0.101 e. The van der Waals surface area contributed by atoms with Crippen LogP contribution in [-0.2, 0) is 0 Å². The molecule has 0 aromatic rings. The van der Waals surface area contributed by atoms with Crippen molar-refractivity contribution in [3.8, 4) is 0 Å². The first-order valence-corrected chi connectivity index (χ1v) is 24.0. The van der Waals surface area contributed by atoms with Gasteiger partial charge in [-0.1, -0.05) is 252 Å². The molecule has 0 amide bonds. The van der Waals surface area contributed by atoms with E-state index in [9.17, 15) is 0 Å². The lowest BCUT2D eigenvalue weighted by Gasteiger charge is -2.33. The largest absolute Gasteiger partial charge is 0.356 e. The lowest BCUT2D eigenvalue weighted by molar-refractivity contribution is 0.135. The van der Waals surface area contributed by atoms with E-state index in [1.807, 2.05) is 0 Å². The molecule has 0 radical (unpaired) electrons. The van der Waals surface area contributed by atoms with E-state index in [0.29, 0.717) is 6.17 Å². The predicted octanol–water partition coefficient (Wildman–Crippen LogP) is 17.1. The average Bonchev–Trinajstić information content (AvgIpc) is 3.51. The standard InChI is InChI=1S/C48H96N2/c1-4-7-10-13-16-19-22-24-25-26-27-28-29-31-34-37-40-43-48-49(44-41-38-35-32-21-18-15-12-9-6-3)46-47-50(48)45-42-39-36-33-30-23-20-17-14-11-8-5-2/h46-48H,4-45H2,1-3H3. The van der Waals surface area contributed by atoms with Crippen LogP contribution in [0.25, 0.3) is 0 Å². The number of nitrogens with zero attached hydrogens (tertiary/aromatic N) is 2. The van der Waals surface area contributed by atoms with Crippen molar-refractivity contribution >= 4 is 0 Å². The van der Waals surface area contributed by atoms with E-state index in [2.05, 4.69) is 43.0 Å². The molecule has 1 aliphatic rings. The first-order valence-electron chi connectivity index (χ1n) is 24.0. The van der Waals surface area contributed by atoms with Gasteiger partial charge in [0.25, 0.3) is 0 Å². The predicted molar refractivity (Wildman–Crippen MR) is 228 cm³/mol. The second kappa shape index (κ2) is 39.5. The molecule has 0 saturated carbocycles. The summed E-state index contributed by atoms with van der Waals surface area (Å²) in [5.74, 6) is 0. The maximum atomic E-state index is 2.74. The first kappa shape index (κ1) is 47.4. The molecular weight excluding hydrogens is 605 g/mol. The summed E-state index contributed by atoms with van der Waals surface area (Å²) < 4.78 is 0. The molecule has 2 nitrogen and oxygen atoms in total. The van der Waals surface area contributed by atoms with Crippen LogP contribution < -0.4 is 0 Å². The van der Waals surface area contributed by atoms with Crippen LogP contribution in [0.1, 0.15) is 278 Å². The van der Waals surface area contributed by atoms with E-state index in [4.69, 9.17) is 0 Å². The van der Waals surface area contributed by atoms with E-state index in [0.717, 1.165) is 0 Å². The van der Waals surface area contributed by atoms with E-state index >= 15 is 0 Å². The number of hydrogen-bond donors (Lipinski definition) is 0. The fourth-order valence-corrected chi connectivity index (χ4v) is 8.31. The van der Waals surface area contributed by atoms with Crippen molar-refractivity contribution in [1.29, 1.82) is 0 Å². The molecule has 1 heterocycles. The second-order valence-electron chi connectivity index (χ2n) is 16.8. The third kappa shape index (κ3) is 30.9. The third-order valence-corrected chi connectivity index (χ3v) is 11.8. The zero-order valence-corrected chi connectivity index (χ0v) is 35.3. The van der Waals surface area contributed by atoms with Crippen molar-refractivity contribution in [2.45, 2.75) is 284 Å². The van der Waals surface area contributed by atoms with Gasteiger partial charge < -0.3 is 9.80 Å². The fourth-order valence-electron chi connectivity index (χ4n) is 8.31. The van der Waals surface area contributed by atoms with E-state index in [1.165, 1.54) is 270 Å². The highest BCUT2D eigenvalue weighted by atomic mass is 15.4. The van der Waals surface area contributed by atoms with Gasteiger partial charge in [0, 0.05) is 25.5 Å². The molecule has 298 valence electrons. The lowest BCUT2D eigenvalue weighted by Crippen LogP contribution is -2.39. The summed E-state index contributed by atoms with van der Waals surface area (Å²) in [6, 6.07) is 0. The molecule has 1 atom stereocenters. The molecule has 1 aliphatic heterocycles. The Hall–Kier alpha value is -0.660. The van der Waals surface area contributed by atoms with Crippen LogP contribution in [0, 0.1) is 0 Å². The molecule has 0 aliphatic carbocycles. The van der Waals surface area contributed by atoms with Crippen molar-refractivity contribution in [1.82, 2.24) is 9.80 Å². The van der Waals surface area contributed by atoms with Gasteiger partial charge in [0.15, 0.2) is 0 Å². The van der Waals surface area contributed by atoms with Gasteiger partial charge in [-0.25, -0.2) is 0 Å². The Labute approximate surface area is 318 Å². The third-order valence-electron chi connectivity index (χ3n) is 11.8. The molecule has 50 heavy (non-hydrogen) atoms. The molecule has 0 aromatic carbocycles. The fraction of sp³-hybridized carbons (Fsp3) is 0.958. The monoisotopic (exact) mass is 701 g/mol. The maximum absolute atomic E-state index is 2.74. The molecule has 1 unspecified atom stereocenters. The molecular formula is C48H96N2. The molecule has 0 fully saturated rings. The average molecular weight is 701 g/mol. The minimum Gasteiger partial charge on any atom is -0.356 e. The normalized spacial score (nSPS) is 14.5. The van der Waals surface area contributed by atoms with Crippen LogP contribution in [-0.4, -0.2) is 29.1 Å². The Morgan fingerprint density at radius 1 is 0.260 bits per heavy atom. The Kier molecular flexibility index (Phi) is 37.5. The summed E-state index contributed by atoms with van der Waals surface area (Å²) in [7, 11) is 0. The minimum absolute atomic E-state index is 0.637. The van der Waals surface area contributed by atoms with Gasteiger partial charge in [-0.2, -0.15) is 0 Å². The van der Waals surface area contributed by atoms with E-state index in [1.54, 1.807) is 0 Å². The first-order chi connectivity index (χ1) is 24.8. The lowest BCUT2D eigenvalue weighted by atomic mass is 10.0. The highest BCUT2D eigenvalue weighted by Crippen LogP contribution is 2.24. The summed E-state index contributed by atoms with van der Waals surface area (Å²) >= 11 is 0. The molecule has 0 aromatic heterocycles. The number of hydrogen-bond acceptors (Lipinski definition) is 2. The van der Waals surface area contributed by atoms with Crippen molar-refractivity contribution in [2.24, 2.45) is 0 Å². The van der Waals surface area contributed by atoms with Crippen molar-refractivity contribution in [2.75, 3.05) is 13.1 Å². The summed E-state index contributed by atoms with van der Waals surface area (Å²) in [6.07, 6.45) is 63.4. The molecule has 1 rings (SSSR count). The smallest absolute Gasteiger partial charge is 0.101 e. The Bertz CT molecular complexity index is 659. The van der Waals surface area contributed by atoms with Crippen molar-refractivity contribution in [3.05, 3.63) is 12.4 Å². The summed E-state index contributed by atoms with van der Waals surface area (Å²) in [4.78, 5) is 5.47. The van der Waals surface area contributed by atoms with Gasteiger partial charge in [0.2, 0.25) is 0 Å². The van der Waals surface area contributed by atoms with E-state index in [-0.39, 0.29) is 0 Å². The topological polar surface area (TPSA) is 6.48 Å². The quantitative estimate of drug-likeness (QED) is 0.0585. The van der Waals surface area contributed by atoms with Crippen molar-refractivity contribution < 1.29 is 0 Å². The zero-order chi connectivity index (χ0) is 35.8. The van der Waals surface area contributed by atoms with Gasteiger partial charge in [-0.3, -0.25) is 0 Å². The highest BCUT2D eigenvalue weighted by Gasteiger charge is 2.24. The summed E-state index contributed by atoms with van der Waals surface area (Å²) in [6.45, 7) is 9.49. The SMILES string of the molecule is CCCCCCCCCCCCCCCCCCCC1N(CCCCCCCCCCCC)C=CN1CCCCCCCCCCCCCC. The molecule has 0 spiro atoms. The van der Waals surface area contributed by atoms with Gasteiger partial charge >= 0.3 is 0 Å². The van der Waals surface area contributed by atoms with Crippen LogP contribution in [0.5, 0.6) is 0 Å². The van der Waals surface area contributed by atoms with Gasteiger partial charge in [-0.05, 0) is 25.7 Å². The second-order valence-corrected chi connectivity index (χ2v) is 16.8. The zero-order valence-electron chi connectivity index (χ0n) is 35.3. The summed E-state index contributed by atoms with van der Waals surface area (Å²) in [5, 5.41) is 0. The van der Waals surface area contributed by atoms with E-state index < -0.39 is 0 Å². The van der Waals surface area contributed by atoms with Crippen LogP contribution in [0.3, 0.4) is 0 Å². The molecule has 2 heteroatoms. The van der Waals surface area contributed by atoms with Gasteiger partial charge in [-0.15, -0.1) is 0 Å².